The molecule has 27 heavy (non-hydrogen) atoms. The Labute approximate surface area is 153 Å². The van der Waals surface area contributed by atoms with Gasteiger partial charge in [-0.15, -0.1) is 0 Å². The Balaban J connectivity index is 1.99. The number of hydrogen-bond donors (Lipinski definition) is 1. The smallest absolute Gasteiger partial charge is 0.387 e. The molecule has 144 valence electrons. The molecule has 2 aromatic carbocycles. The number of hydrogen-bond acceptors (Lipinski definition) is 6. The van der Waals surface area contributed by atoms with Crippen LogP contribution in [0, 0.1) is 0 Å². The Kier molecular flexibility index (Phi) is 6.93. The summed E-state index contributed by atoms with van der Waals surface area (Å²) in [5, 5.41) is 2.34. The van der Waals surface area contributed by atoms with Crippen molar-refractivity contribution in [3.63, 3.8) is 0 Å². The standard InChI is InChI=1S/C18H17F2NO6/c1-24-12-7-11(8-13(9-12)25-2)17(23)26-10-16(22)21-14-5-3-4-6-15(14)27-18(19)20/h3-9,18H,10H2,1-2H3,(H,21,22). The monoisotopic (exact) mass is 381 g/mol. The maximum atomic E-state index is 12.4. The van der Waals surface area contributed by atoms with E-state index >= 15 is 0 Å². The molecule has 0 radical (unpaired) electrons. The highest BCUT2D eigenvalue weighted by Crippen LogP contribution is 2.25. The zero-order valence-corrected chi connectivity index (χ0v) is 14.5. The molecule has 2 rings (SSSR count). The van der Waals surface area contributed by atoms with E-state index in [-0.39, 0.29) is 17.0 Å². The van der Waals surface area contributed by atoms with Crippen molar-refractivity contribution >= 4 is 17.6 Å². The zero-order chi connectivity index (χ0) is 19.8. The fourth-order valence-electron chi connectivity index (χ4n) is 2.09. The summed E-state index contributed by atoms with van der Waals surface area (Å²) in [7, 11) is 2.85. The molecule has 0 saturated heterocycles. The molecule has 0 aliphatic rings. The molecule has 1 N–H and O–H groups in total. The van der Waals surface area contributed by atoms with Gasteiger partial charge in [-0.1, -0.05) is 12.1 Å². The fourth-order valence-corrected chi connectivity index (χ4v) is 2.09. The summed E-state index contributed by atoms with van der Waals surface area (Å²) in [6.07, 6.45) is 0. The summed E-state index contributed by atoms with van der Waals surface area (Å²) < 4.78 is 44.1. The summed E-state index contributed by atoms with van der Waals surface area (Å²) in [6.45, 7) is -3.66. The topological polar surface area (TPSA) is 83.1 Å². The van der Waals surface area contributed by atoms with Gasteiger partial charge < -0.3 is 24.3 Å². The fraction of sp³-hybridized carbons (Fsp3) is 0.222. The highest BCUT2D eigenvalue weighted by Gasteiger charge is 2.15. The second kappa shape index (κ2) is 9.37. The average Bonchev–Trinajstić information content (AvgIpc) is 2.66. The highest BCUT2D eigenvalue weighted by atomic mass is 19.3. The van der Waals surface area contributed by atoms with Crippen LogP contribution in [0.3, 0.4) is 0 Å². The van der Waals surface area contributed by atoms with Crippen molar-refractivity contribution in [2.24, 2.45) is 0 Å². The third-order valence-corrected chi connectivity index (χ3v) is 3.30. The summed E-state index contributed by atoms with van der Waals surface area (Å²) in [4.78, 5) is 24.1. The number of anilines is 1. The molecule has 2 aromatic rings. The summed E-state index contributed by atoms with van der Waals surface area (Å²) in [6, 6.07) is 10.1. The van der Waals surface area contributed by atoms with Crippen molar-refractivity contribution in [1.29, 1.82) is 0 Å². The molecule has 9 heteroatoms. The molecule has 0 atom stereocenters. The van der Waals surface area contributed by atoms with Crippen LogP contribution < -0.4 is 19.5 Å². The number of carbonyl (C=O) groups excluding carboxylic acids is 2. The second-order valence-corrected chi connectivity index (χ2v) is 5.10. The largest absolute Gasteiger partial charge is 0.497 e. The van der Waals surface area contributed by atoms with Gasteiger partial charge in [0, 0.05) is 6.07 Å². The molecule has 0 aliphatic carbocycles. The van der Waals surface area contributed by atoms with Gasteiger partial charge in [-0.05, 0) is 24.3 Å². The van der Waals surface area contributed by atoms with Gasteiger partial charge in [0.05, 0.1) is 25.5 Å². The number of ether oxygens (including phenoxy) is 4. The first-order valence-corrected chi connectivity index (χ1v) is 7.67. The Hall–Kier alpha value is -3.36. The van der Waals surface area contributed by atoms with Crippen molar-refractivity contribution in [1.82, 2.24) is 0 Å². The van der Waals surface area contributed by atoms with E-state index in [0.717, 1.165) is 0 Å². The molecule has 0 heterocycles. The molecule has 0 spiro atoms. The zero-order valence-electron chi connectivity index (χ0n) is 14.5. The van der Waals surface area contributed by atoms with Gasteiger partial charge in [0.15, 0.2) is 6.61 Å². The van der Waals surface area contributed by atoms with Crippen LogP contribution in [-0.2, 0) is 9.53 Å². The van der Waals surface area contributed by atoms with Crippen molar-refractivity contribution in [2.45, 2.75) is 6.61 Å². The van der Waals surface area contributed by atoms with Gasteiger partial charge in [-0.2, -0.15) is 8.78 Å². The molecule has 0 fully saturated rings. The van der Waals surface area contributed by atoms with E-state index in [2.05, 4.69) is 10.1 Å². The molecule has 0 aromatic heterocycles. The van der Waals surface area contributed by atoms with E-state index in [9.17, 15) is 18.4 Å². The molecule has 0 saturated carbocycles. The van der Waals surface area contributed by atoms with Gasteiger partial charge in [0.25, 0.3) is 5.91 Å². The van der Waals surface area contributed by atoms with Crippen molar-refractivity contribution in [3.05, 3.63) is 48.0 Å². The lowest BCUT2D eigenvalue weighted by atomic mass is 10.2. The molecular formula is C18H17F2NO6. The van der Waals surface area contributed by atoms with Gasteiger partial charge in [0.2, 0.25) is 0 Å². The van der Waals surface area contributed by atoms with Crippen LogP contribution in [0.25, 0.3) is 0 Å². The first kappa shape index (κ1) is 20.0. The maximum Gasteiger partial charge on any atom is 0.387 e. The van der Waals surface area contributed by atoms with E-state index in [1.807, 2.05) is 0 Å². The number of carbonyl (C=O) groups is 2. The number of methoxy groups -OCH3 is 2. The summed E-state index contributed by atoms with van der Waals surface area (Å²) in [5.41, 5.74) is 0.155. The third kappa shape index (κ3) is 5.84. The lowest BCUT2D eigenvalue weighted by molar-refractivity contribution is -0.119. The van der Waals surface area contributed by atoms with Crippen molar-refractivity contribution in [2.75, 3.05) is 26.1 Å². The van der Waals surface area contributed by atoms with E-state index < -0.39 is 25.1 Å². The van der Waals surface area contributed by atoms with Crippen LogP contribution in [0.2, 0.25) is 0 Å². The minimum atomic E-state index is -3.04. The predicted octanol–water partition coefficient (Wildman–Crippen LogP) is 3.10. The number of amides is 1. The number of rotatable bonds is 8. The lowest BCUT2D eigenvalue weighted by Gasteiger charge is -2.12. The first-order valence-electron chi connectivity index (χ1n) is 7.67. The third-order valence-electron chi connectivity index (χ3n) is 3.30. The molecule has 1 amide bonds. The van der Waals surface area contributed by atoms with Crippen LogP contribution >= 0.6 is 0 Å². The maximum absolute atomic E-state index is 12.4. The lowest BCUT2D eigenvalue weighted by Crippen LogP contribution is -2.21. The van der Waals surface area contributed by atoms with Gasteiger partial charge in [-0.25, -0.2) is 4.79 Å². The van der Waals surface area contributed by atoms with Crippen molar-refractivity contribution < 1.29 is 37.3 Å². The first-order chi connectivity index (χ1) is 12.9. The molecule has 0 unspecified atom stereocenters. The summed E-state index contributed by atoms with van der Waals surface area (Å²) >= 11 is 0. The number of alkyl halides is 2. The van der Waals surface area contributed by atoms with Crippen LogP contribution in [0.4, 0.5) is 14.5 Å². The normalized spacial score (nSPS) is 10.3. The summed E-state index contributed by atoms with van der Waals surface area (Å²) in [5.74, 6) is -0.944. The number of para-hydroxylation sites is 2. The van der Waals surface area contributed by atoms with Crippen LogP contribution in [-0.4, -0.2) is 39.3 Å². The predicted molar refractivity (Wildman–Crippen MR) is 91.5 cm³/mol. The molecule has 0 bridgehead atoms. The quantitative estimate of drug-likeness (QED) is 0.708. The van der Waals surface area contributed by atoms with E-state index in [0.29, 0.717) is 11.5 Å². The SMILES string of the molecule is COc1cc(OC)cc(C(=O)OCC(=O)Nc2ccccc2OC(F)F)c1. The van der Waals surface area contributed by atoms with Gasteiger partial charge >= 0.3 is 12.6 Å². The minimum absolute atomic E-state index is 0.0295. The number of halogens is 2. The second-order valence-electron chi connectivity index (χ2n) is 5.10. The van der Waals surface area contributed by atoms with Crippen LogP contribution in [0.5, 0.6) is 17.2 Å². The van der Waals surface area contributed by atoms with Crippen molar-refractivity contribution in [3.8, 4) is 17.2 Å². The molecule has 0 aliphatic heterocycles. The minimum Gasteiger partial charge on any atom is -0.497 e. The molecule has 7 nitrogen and oxygen atoms in total. The molecular weight excluding hydrogens is 364 g/mol. The number of nitrogens with one attached hydrogen (secondary N) is 1. The van der Waals surface area contributed by atoms with Gasteiger partial charge in [0.1, 0.15) is 17.2 Å². The highest BCUT2D eigenvalue weighted by molar-refractivity contribution is 5.96. The van der Waals surface area contributed by atoms with E-state index in [1.54, 1.807) is 6.07 Å². The Morgan fingerprint density at radius 3 is 2.26 bits per heavy atom. The van der Waals surface area contributed by atoms with Crippen LogP contribution in [0.1, 0.15) is 10.4 Å². The van der Waals surface area contributed by atoms with Crippen LogP contribution in [0.15, 0.2) is 42.5 Å². The number of esters is 1. The average molecular weight is 381 g/mol. The van der Waals surface area contributed by atoms with E-state index in [4.69, 9.17) is 14.2 Å². The Morgan fingerprint density at radius 2 is 1.67 bits per heavy atom. The number of benzene rings is 2. The van der Waals surface area contributed by atoms with E-state index in [1.165, 1.54) is 50.6 Å². The van der Waals surface area contributed by atoms with Gasteiger partial charge in [-0.3, -0.25) is 4.79 Å². The Morgan fingerprint density at radius 1 is 1.04 bits per heavy atom. The Bertz CT molecular complexity index is 790.